The minimum absolute atomic E-state index is 0.353. The van der Waals surface area contributed by atoms with E-state index in [0.717, 1.165) is 5.69 Å². The van der Waals surface area contributed by atoms with Gasteiger partial charge in [-0.1, -0.05) is 35.9 Å². The Kier molecular flexibility index (Phi) is 6.14. The summed E-state index contributed by atoms with van der Waals surface area (Å²) in [5.41, 5.74) is 5.13. The maximum Gasteiger partial charge on any atom is 0.271 e. The molecular weight excluding hydrogens is 376 g/mol. The zero-order valence-electron chi connectivity index (χ0n) is 15.0. The Morgan fingerprint density at radius 2 is 1.79 bits per heavy atom. The van der Waals surface area contributed by atoms with E-state index < -0.39 is 5.91 Å². The van der Waals surface area contributed by atoms with E-state index in [0.29, 0.717) is 27.5 Å². The van der Waals surface area contributed by atoms with Crippen molar-refractivity contribution in [3.05, 3.63) is 94.3 Å². The normalized spacial score (nSPS) is 10.6. The lowest BCUT2D eigenvalue weighted by molar-refractivity contribution is 0.0953. The maximum atomic E-state index is 12.3. The molecule has 0 aliphatic carbocycles. The number of hydrogen-bond acceptors (Lipinski definition) is 4. The van der Waals surface area contributed by atoms with Crippen molar-refractivity contribution >= 4 is 35.3 Å². The molecule has 0 atom stereocenters. The van der Waals surface area contributed by atoms with Gasteiger partial charge in [0.1, 0.15) is 0 Å². The Bertz CT molecular complexity index is 1050. The van der Waals surface area contributed by atoms with Crippen LogP contribution in [-0.2, 0) is 0 Å². The minimum atomic E-state index is -0.405. The fourth-order valence-corrected chi connectivity index (χ4v) is 2.66. The first-order valence-corrected chi connectivity index (χ1v) is 8.84. The van der Waals surface area contributed by atoms with E-state index in [4.69, 9.17) is 11.6 Å². The van der Waals surface area contributed by atoms with Crippen LogP contribution in [0.2, 0.25) is 5.02 Å². The highest BCUT2D eigenvalue weighted by atomic mass is 35.5. The topological polar surface area (TPSA) is 83.5 Å². The lowest BCUT2D eigenvalue weighted by Gasteiger charge is -2.08. The third kappa shape index (κ3) is 5.02. The number of nitrogens with zero attached hydrogens (tertiary/aromatic N) is 2. The van der Waals surface area contributed by atoms with Crippen LogP contribution < -0.4 is 10.7 Å². The van der Waals surface area contributed by atoms with Crippen molar-refractivity contribution in [1.29, 1.82) is 0 Å². The number of nitrogens with one attached hydrogen (secondary N) is 2. The van der Waals surface area contributed by atoms with Crippen LogP contribution in [0, 0.1) is 6.92 Å². The van der Waals surface area contributed by atoms with E-state index in [9.17, 15) is 9.59 Å². The van der Waals surface area contributed by atoms with E-state index in [1.54, 1.807) is 54.6 Å². The van der Waals surface area contributed by atoms with Crippen LogP contribution in [0.5, 0.6) is 0 Å². The first-order chi connectivity index (χ1) is 13.5. The van der Waals surface area contributed by atoms with E-state index in [2.05, 4.69) is 20.8 Å². The predicted octanol–water partition coefficient (Wildman–Crippen LogP) is 4.06. The number of aryl methyl sites for hydroxylation is 1. The summed E-state index contributed by atoms with van der Waals surface area (Å²) in [5, 5.41) is 7.00. The summed E-state index contributed by atoms with van der Waals surface area (Å²) < 4.78 is 0. The fraction of sp³-hybridized carbons (Fsp3) is 0.0476. The zero-order chi connectivity index (χ0) is 19.9. The molecule has 0 spiro atoms. The molecule has 7 heteroatoms. The number of amides is 2. The third-order valence-corrected chi connectivity index (χ3v) is 4.10. The lowest BCUT2D eigenvalue weighted by Crippen LogP contribution is -2.18. The number of pyridine rings is 1. The van der Waals surface area contributed by atoms with Gasteiger partial charge in [0.2, 0.25) is 0 Å². The molecule has 1 aromatic heterocycles. The second kappa shape index (κ2) is 8.92. The molecule has 0 saturated carbocycles. The summed E-state index contributed by atoms with van der Waals surface area (Å²) in [5.74, 6) is -0.760. The molecule has 2 amide bonds. The van der Waals surface area contributed by atoms with Crippen molar-refractivity contribution in [3.63, 3.8) is 0 Å². The van der Waals surface area contributed by atoms with Gasteiger partial charge in [0, 0.05) is 16.9 Å². The molecule has 0 unspecified atom stereocenters. The number of rotatable bonds is 5. The maximum absolute atomic E-state index is 12.3. The van der Waals surface area contributed by atoms with Crippen LogP contribution in [-0.4, -0.2) is 23.0 Å². The Hall–Kier alpha value is -3.51. The predicted molar refractivity (Wildman–Crippen MR) is 110 cm³/mol. The van der Waals surface area contributed by atoms with Crippen LogP contribution in [0.3, 0.4) is 0 Å². The summed E-state index contributed by atoms with van der Waals surface area (Å²) in [6, 6.07) is 18.8. The van der Waals surface area contributed by atoms with E-state index in [-0.39, 0.29) is 5.91 Å². The molecule has 2 N–H and O–H groups in total. The summed E-state index contributed by atoms with van der Waals surface area (Å²) in [7, 11) is 0. The molecule has 3 aromatic rings. The van der Waals surface area contributed by atoms with E-state index in [1.807, 2.05) is 19.1 Å². The second-order valence-corrected chi connectivity index (χ2v) is 6.32. The van der Waals surface area contributed by atoms with Crippen LogP contribution in [0.15, 0.2) is 71.8 Å². The number of halogens is 1. The number of anilines is 1. The SMILES string of the molecule is Cc1cccc(/C=N/NC(=O)c2cccc(NC(=O)c3ccccc3Cl)c2)n1. The van der Waals surface area contributed by atoms with Crippen molar-refractivity contribution in [2.45, 2.75) is 6.92 Å². The van der Waals surface area contributed by atoms with Crippen LogP contribution >= 0.6 is 11.6 Å². The van der Waals surface area contributed by atoms with Crippen molar-refractivity contribution in [2.24, 2.45) is 5.10 Å². The second-order valence-electron chi connectivity index (χ2n) is 5.92. The number of carbonyl (C=O) groups is 2. The monoisotopic (exact) mass is 392 g/mol. The van der Waals surface area contributed by atoms with Crippen LogP contribution in [0.1, 0.15) is 32.1 Å². The van der Waals surface area contributed by atoms with Gasteiger partial charge in [-0.15, -0.1) is 0 Å². The van der Waals surface area contributed by atoms with Gasteiger partial charge in [-0.05, 0) is 49.4 Å². The van der Waals surface area contributed by atoms with Crippen molar-refractivity contribution in [3.8, 4) is 0 Å². The largest absolute Gasteiger partial charge is 0.322 e. The number of aromatic nitrogens is 1. The van der Waals surface area contributed by atoms with Gasteiger partial charge in [0.15, 0.2) is 0 Å². The minimum Gasteiger partial charge on any atom is -0.322 e. The van der Waals surface area contributed by atoms with Crippen molar-refractivity contribution in [2.75, 3.05) is 5.32 Å². The molecule has 1 heterocycles. The molecule has 28 heavy (non-hydrogen) atoms. The Balaban J connectivity index is 1.66. The van der Waals surface area contributed by atoms with Crippen molar-refractivity contribution in [1.82, 2.24) is 10.4 Å². The van der Waals surface area contributed by atoms with Gasteiger partial charge in [-0.25, -0.2) is 5.43 Å². The van der Waals surface area contributed by atoms with Gasteiger partial charge in [-0.2, -0.15) is 5.10 Å². The standard InChI is InChI=1S/C21H17ClN4O2/c1-14-6-4-9-17(24-14)13-23-26-20(27)15-7-5-8-16(12-15)25-21(28)18-10-2-3-11-19(18)22/h2-13H,1H3,(H,25,28)(H,26,27)/b23-13+. The van der Waals surface area contributed by atoms with Gasteiger partial charge in [0.25, 0.3) is 11.8 Å². The van der Waals surface area contributed by atoms with Gasteiger partial charge < -0.3 is 5.32 Å². The highest BCUT2D eigenvalue weighted by molar-refractivity contribution is 6.34. The Labute approximate surface area is 167 Å². The van der Waals surface area contributed by atoms with Gasteiger partial charge in [-0.3, -0.25) is 14.6 Å². The molecule has 0 fully saturated rings. The summed E-state index contributed by atoms with van der Waals surface area (Å²) in [4.78, 5) is 28.9. The molecule has 2 aromatic carbocycles. The summed E-state index contributed by atoms with van der Waals surface area (Å²) in [6.45, 7) is 1.87. The summed E-state index contributed by atoms with van der Waals surface area (Å²) >= 11 is 6.04. The molecule has 0 aliphatic heterocycles. The van der Waals surface area contributed by atoms with Gasteiger partial charge in [0.05, 0.1) is 22.5 Å². The molecule has 0 radical (unpaired) electrons. The molecule has 0 saturated heterocycles. The number of hydrogen-bond donors (Lipinski definition) is 2. The molecule has 6 nitrogen and oxygen atoms in total. The van der Waals surface area contributed by atoms with Crippen molar-refractivity contribution < 1.29 is 9.59 Å². The van der Waals surface area contributed by atoms with E-state index in [1.165, 1.54) is 6.21 Å². The first-order valence-electron chi connectivity index (χ1n) is 8.46. The highest BCUT2D eigenvalue weighted by Crippen LogP contribution is 2.18. The zero-order valence-corrected chi connectivity index (χ0v) is 15.8. The summed E-state index contributed by atoms with van der Waals surface area (Å²) in [6.07, 6.45) is 1.47. The number of benzene rings is 2. The van der Waals surface area contributed by atoms with Crippen LogP contribution in [0.4, 0.5) is 5.69 Å². The quantitative estimate of drug-likeness (QED) is 0.507. The molecule has 140 valence electrons. The Morgan fingerprint density at radius 1 is 1.00 bits per heavy atom. The first kappa shape index (κ1) is 19.3. The average Bonchev–Trinajstić information content (AvgIpc) is 2.68. The lowest BCUT2D eigenvalue weighted by atomic mass is 10.1. The Morgan fingerprint density at radius 3 is 2.57 bits per heavy atom. The third-order valence-electron chi connectivity index (χ3n) is 3.77. The molecular formula is C21H17ClN4O2. The number of carbonyl (C=O) groups excluding carboxylic acids is 2. The number of hydrazone groups is 1. The molecule has 3 rings (SSSR count). The molecule has 0 aliphatic rings. The highest BCUT2D eigenvalue weighted by Gasteiger charge is 2.11. The average molecular weight is 393 g/mol. The fourth-order valence-electron chi connectivity index (χ4n) is 2.44. The van der Waals surface area contributed by atoms with E-state index >= 15 is 0 Å². The smallest absolute Gasteiger partial charge is 0.271 e. The van der Waals surface area contributed by atoms with Crippen LogP contribution in [0.25, 0.3) is 0 Å². The van der Waals surface area contributed by atoms with Gasteiger partial charge >= 0.3 is 0 Å². The molecule has 0 bridgehead atoms.